The molecular weight excluding hydrogens is 246 g/mol. The first kappa shape index (κ1) is 15.9. The van der Waals surface area contributed by atoms with E-state index in [1.54, 1.807) is 0 Å². The summed E-state index contributed by atoms with van der Waals surface area (Å²) in [6, 6.07) is -0.846. The van der Waals surface area contributed by atoms with Crippen molar-refractivity contribution in [2.24, 2.45) is 0 Å². The predicted molar refractivity (Wildman–Crippen MR) is 73.0 cm³/mol. The largest absolute Gasteiger partial charge is 0.480 e. The first-order valence-electron chi connectivity index (χ1n) is 6.63. The van der Waals surface area contributed by atoms with E-state index in [2.05, 4.69) is 24.3 Å². The third-order valence-electron chi connectivity index (χ3n) is 3.97. The minimum absolute atomic E-state index is 0.161. The molecule has 0 spiro atoms. The molecule has 0 saturated heterocycles. The standard InChI is InChI=1S/C13H25N3O3/c1-10(17)14-11(12(18)19)8-16(4)9-13(15(2)3)6-5-7-13/h11H,5-9H2,1-4H3,(H,14,17)(H,18,19). The lowest BCUT2D eigenvalue weighted by Crippen LogP contribution is -2.58. The molecule has 0 aromatic rings. The molecule has 0 aromatic carbocycles. The van der Waals surface area contributed by atoms with E-state index in [0.717, 1.165) is 19.4 Å². The summed E-state index contributed by atoms with van der Waals surface area (Å²) in [6.45, 7) is 2.48. The molecule has 0 heterocycles. The second kappa shape index (κ2) is 6.34. The summed E-state index contributed by atoms with van der Waals surface area (Å²) >= 11 is 0. The predicted octanol–water partition coefficient (Wildman–Crippen LogP) is -0.00820. The lowest BCUT2D eigenvalue weighted by molar-refractivity contribution is -0.142. The molecule has 0 aliphatic heterocycles. The van der Waals surface area contributed by atoms with Crippen molar-refractivity contribution in [3.63, 3.8) is 0 Å². The Kier molecular flexibility index (Phi) is 5.31. The molecule has 0 aromatic heterocycles. The Morgan fingerprint density at radius 2 is 1.89 bits per heavy atom. The zero-order valence-electron chi connectivity index (χ0n) is 12.3. The molecule has 1 unspecified atom stereocenters. The lowest BCUT2D eigenvalue weighted by atomic mass is 9.75. The van der Waals surface area contributed by atoms with Crippen LogP contribution in [0.25, 0.3) is 0 Å². The van der Waals surface area contributed by atoms with Crippen molar-refractivity contribution >= 4 is 11.9 Å². The molecule has 1 saturated carbocycles. The Hall–Kier alpha value is -1.14. The third kappa shape index (κ3) is 4.18. The second-order valence-corrected chi connectivity index (χ2v) is 5.76. The summed E-state index contributed by atoms with van der Waals surface area (Å²) in [4.78, 5) is 26.3. The smallest absolute Gasteiger partial charge is 0.327 e. The van der Waals surface area contributed by atoms with Crippen LogP contribution in [0.15, 0.2) is 0 Å². The Morgan fingerprint density at radius 1 is 1.32 bits per heavy atom. The second-order valence-electron chi connectivity index (χ2n) is 5.76. The van der Waals surface area contributed by atoms with Crippen LogP contribution in [0.4, 0.5) is 0 Å². The molecule has 0 bridgehead atoms. The quantitative estimate of drug-likeness (QED) is 0.681. The summed E-state index contributed by atoms with van der Waals surface area (Å²) in [5, 5.41) is 11.6. The number of carbonyl (C=O) groups is 2. The van der Waals surface area contributed by atoms with E-state index < -0.39 is 12.0 Å². The summed E-state index contributed by atoms with van der Waals surface area (Å²) in [7, 11) is 6.03. The van der Waals surface area contributed by atoms with Gasteiger partial charge >= 0.3 is 5.97 Å². The maximum atomic E-state index is 11.1. The van der Waals surface area contributed by atoms with Crippen LogP contribution in [0.2, 0.25) is 0 Å². The number of hydrogen-bond acceptors (Lipinski definition) is 4. The molecule has 1 aliphatic carbocycles. The van der Waals surface area contributed by atoms with Crippen molar-refractivity contribution < 1.29 is 14.7 Å². The van der Waals surface area contributed by atoms with Crippen molar-refractivity contribution in [3.8, 4) is 0 Å². The van der Waals surface area contributed by atoms with E-state index in [-0.39, 0.29) is 11.4 Å². The van der Waals surface area contributed by atoms with Gasteiger partial charge in [0.25, 0.3) is 0 Å². The molecule has 6 heteroatoms. The monoisotopic (exact) mass is 271 g/mol. The molecule has 6 nitrogen and oxygen atoms in total. The van der Waals surface area contributed by atoms with Crippen molar-refractivity contribution in [3.05, 3.63) is 0 Å². The number of carboxylic acid groups (broad SMARTS) is 1. The fourth-order valence-electron chi connectivity index (χ4n) is 2.64. The highest BCUT2D eigenvalue weighted by Crippen LogP contribution is 2.36. The highest BCUT2D eigenvalue weighted by atomic mass is 16.4. The number of rotatable bonds is 7. The van der Waals surface area contributed by atoms with Crippen molar-refractivity contribution in [2.75, 3.05) is 34.2 Å². The van der Waals surface area contributed by atoms with Gasteiger partial charge in [0.2, 0.25) is 5.91 Å². The SMILES string of the molecule is CC(=O)NC(CN(C)CC1(N(C)C)CCC1)C(=O)O. The molecule has 2 N–H and O–H groups in total. The molecule has 1 fully saturated rings. The van der Waals surface area contributed by atoms with Crippen LogP contribution in [-0.4, -0.2) is 72.6 Å². The first-order chi connectivity index (χ1) is 8.77. The number of carboxylic acids is 1. The first-order valence-corrected chi connectivity index (χ1v) is 6.63. The lowest BCUT2D eigenvalue weighted by Gasteiger charge is -2.49. The van der Waals surface area contributed by atoms with Crippen LogP contribution in [0, 0.1) is 0 Å². The molecule has 1 amide bonds. The number of carbonyl (C=O) groups excluding carboxylic acids is 1. The Labute approximate surface area is 114 Å². The van der Waals surface area contributed by atoms with Crippen molar-refractivity contribution in [1.29, 1.82) is 0 Å². The van der Waals surface area contributed by atoms with Gasteiger partial charge in [-0.2, -0.15) is 0 Å². The summed E-state index contributed by atoms with van der Waals surface area (Å²) in [5.41, 5.74) is 0.161. The van der Waals surface area contributed by atoms with E-state index in [1.807, 2.05) is 11.9 Å². The zero-order valence-corrected chi connectivity index (χ0v) is 12.3. The average molecular weight is 271 g/mol. The molecular formula is C13H25N3O3. The zero-order chi connectivity index (χ0) is 14.6. The van der Waals surface area contributed by atoms with Crippen molar-refractivity contribution in [2.45, 2.75) is 37.8 Å². The van der Waals surface area contributed by atoms with E-state index in [4.69, 9.17) is 5.11 Å². The van der Waals surface area contributed by atoms with Gasteiger partial charge in [-0.05, 0) is 40.4 Å². The third-order valence-corrected chi connectivity index (χ3v) is 3.97. The highest BCUT2D eigenvalue weighted by molar-refractivity contribution is 5.82. The molecule has 110 valence electrons. The number of likely N-dealkylation sites (N-methyl/N-ethyl adjacent to an activating group) is 2. The Morgan fingerprint density at radius 3 is 2.21 bits per heavy atom. The minimum atomic E-state index is -0.991. The van der Waals surface area contributed by atoms with Gasteiger partial charge < -0.3 is 20.2 Å². The van der Waals surface area contributed by atoms with Gasteiger partial charge in [-0.15, -0.1) is 0 Å². The molecule has 1 aliphatic rings. The Bertz CT molecular complexity index is 340. The van der Waals surface area contributed by atoms with E-state index >= 15 is 0 Å². The number of aliphatic carboxylic acids is 1. The number of nitrogens with zero attached hydrogens (tertiary/aromatic N) is 2. The van der Waals surface area contributed by atoms with Gasteiger partial charge in [0, 0.05) is 25.6 Å². The van der Waals surface area contributed by atoms with Crippen LogP contribution >= 0.6 is 0 Å². The molecule has 0 radical (unpaired) electrons. The fourth-order valence-corrected chi connectivity index (χ4v) is 2.64. The maximum Gasteiger partial charge on any atom is 0.327 e. The van der Waals surface area contributed by atoms with Crippen LogP contribution in [-0.2, 0) is 9.59 Å². The Balaban J connectivity index is 2.55. The van der Waals surface area contributed by atoms with Gasteiger partial charge in [-0.3, -0.25) is 4.79 Å². The van der Waals surface area contributed by atoms with Gasteiger partial charge in [0.05, 0.1) is 0 Å². The van der Waals surface area contributed by atoms with Crippen molar-refractivity contribution in [1.82, 2.24) is 15.1 Å². The minimum Gasteiger partial charge on any atom is -0.480 e. The van der Waals surface area contributed by atoms with Gasteiger partial charge in [-0.25, -0.2) is 4.79 Å². The van der Waals surface area contributed by atoms with Gasteiger partial charge in [-0.1, -0.05) is 0 Å². The van der Waals surface area contributed by atoms with Crippen LogP contribution < -0.4 is 5.32 Å². The summed E-state index contributed by atoms with van der Waals surface area (Å²) < 4.78 is 0. The number of hydrogen-bond donors (Lipinski definition) is 2. The fraction of sp³-hybridized carbons (Fsp3) is 0.846. The summed E-state index contributed by atoms with van der Waals surface area (Å²) in [5.74, 6) is -1.30. The molecule has 19 heavy (non-hydrogen) atoms. The van der Waals surface area contributed by atoms with Crippen LogP contribution in [0.3, 0.4) is 0 Å². The number of nitrogens with one attached hydrogen (secondary N) is 1. The maximum absolute atomic E-state index is 11.1. The van der Waals surface area contributed by atoms with E-state index in [0.29, 0.717) is 6.54 Å². The van der Waals surface area contributed by atoms with Gasteiger partial charge in [0.15, 0.2) is 0 Å². The topological polar surface area (TPSA) is 72.9 Å². The molecule has 1 rings (SSSR count). The van der Waals surface area contributed by atoms with E-state index in [9.17, 15) is 9.59 Å². The summed E-state index contributed by atoms with van der Waals surface area (Å²) in [6.07, 6.45) is 3.50. The average Bonchev–Trinajstić information content (AvgIpc) is 2.21. The highest BCUT2D eigenvalue weighted by Gasteiger charge is 2.40. The normalized spacial score (nSPS) is 19.1. The van der Waals surface area contributed by atoms with Gasteiger partial charge in [0.1, 0.15) is 6.04 Å². The van der Waals surface area contributed by atoms with Crippen LogP contribution in [0.5, 0.6) is 0 Å². The van der Waals surface area contributed by atoms with Crippen LogP contribution in [0.1, 0.15) is 26.2 Å². The van der Waals surface area contributed by atoms with E-state index in [1.165, 1.54) is 13.3 Å². The number of amides is 1. The molecule has 1 atom stereocenters.